The third-order valence-corrected chi connectivity index (χ3v) is 1.80. The van der Waals surface area contributed by atoms with Crippen molar-refractivity contribution >= 4 is 12.4 Å². The van der Waals surface area contributed by atoms with E-state index in [1.807, 2.05) is 18.2 Å². The highest BCUT2D eigenvalue weighted by Crippen LogP contribution is 2.14. The van der Waals surface area contributed by atoms with E-state index < -0.39 is 0 Å². The Morgan fingerprint density at radius 2 is 2.00 bits per heavy atom. The lowest BCUT2D eigenvalue weighted by Gasteiger charge is -2.08. The predicted molar refractivity (Wildman–Crippen MR) is 55.6 cm³/mol. The van der Waals surface area contributed by atoms with E-state index in [9.17, 15) is 0 Å². The molecule has 0 aliphatic carbocycles. The second-order valence-electron chi connectivity index (χ2n) is 2.62. The Morgan fingerprint density at radius 3 is 2.50 bits per heavy atom. The van der Waals surface area contributed by atoms with Crippen molar-refractivity contribution in [1.29, 1.82) is 0 Å². The molecule has 0 aliphatic heterocycles. The summed E-state index contributed by atoms with van der Waals surface area (Å²) < 4.78 is 0. The number of hydrogen-bond acceptors (Lipinski definition) is 1. The van der Waals surface area contributed by atoms with Crippen LogP contribution in [0.25, 0.3) is 0 Å². The van der Waals surface area contributed by atoms with E-state index in [2.05, 4.69) is 19.6 Å². The quantitative estimate of drug-likeness (QED) is 0.701. The average Bonchev–Trinajstić information content (AvgIpc) is 2.04. The molecule has 1 atom stereocenters. The van der Waals surface area contributed by atoms with Crippen LogP contribution in [0.4, 0.5) is 0 Å². The van der Waals surface area contributed by atoms with Crippen LogP contribution in [0.5, 0.6) is 0 Å². The topological polar surface area (TPSA) is 26.0 Å². The molecule has 1 aromatic rings. The van der Waals surface area contributed by atoms with E-state index in [1.165, 1.54) is 5.56 Å². The zero-order valence-corrected chi connectivity index (χ0v) is 7.97. The van der Waals surface area contributed by atoms with Crippen LogP contribution in [-0.2, 0) is 0 Å². The summed E-state index contributed by atoms with van der Waals surface area (Å²) in [5.41, 5.74) is 8.15. The summed E-state index contributed by atoms with van der Waals surface area (Å²) in [6, 6.07) is 8.05. The summed E-state index contributed by atoms with van der Waals surface area (Å²) in [5, 5.41) is 0. The number of nitrogens with two attached hydrogens (primary N) is 1. The van der Waals surface area contributed by atoms with Gasteiger partial charge < -0.3 is 5.73 Å². The fraction of sp³-hybridized carbons (Fsp3) is 0.200. The smallest absolute Gasteiger partial charge is 0.0481 e. The van der Waals surface area contributed by atoms with Gasteiger partial charge in [0.2, 0.25) is 0 Å². The molecule has 0 fully saturated rings. The van der Waals surface area contributed by atoms with E-state index >= 15 is 0 Å². The third-order valence-electron chi connectivity index (χ3n) is 1.80. The first-order valence-corrected chi connectivity index (χ1v) is 3.69. The molecule has 0 bridgehead atoms. The standard InChI is InChI=1S/C10H13N.ClH/c1-3-10(11)9-7-5-4-6-8(9)2;/h3-7,10H,1,11H2,2H3;1H/t10-;/m1./s1. The minimum atomic E-state index is -0.0313. The first kappa shape index (κ1) is 11.2. The van der Waals surface area contributed by atoms with E-state index in [0.29, 0.717) is 0 Å². The highest BCUT2D eigenvalue weighted by Gasteiger charge is 2.01. The van der Waals surface area contributed by atoms with Gasteiger partial charge in [-0.05, 0) is 18.1 Å². The monoisotopic (exact) mass is 183 g/mol. The second-order valence-corrected chi connectivity index (χ2v) is 2.62. The van der Waals surface area contributed by atoms with Crippen molar-refractivity contribution in [2.45, 2.75) is 13.0 Å². The number of rotatable bonds is 2. The highest BCUT2D eigenvalue weighted by molar-refractivity contribution is 5.85. The molecule has 2 heteroatoms. The van der Waals surface area contributed by atoms with Crippen LogP contribution < -0.4 is 5.73 Å². The molecule has 0 saturated heterocycles. The van der Waals surface area contributed by atoms with E-state index in [1.54, 1.807) is 6.08 Å². The largest absolute Gasteiger partial charge is 0.321 e. The first-order valence-electron chi connectivity index (χ1n) is 3.69. The van der Waals surface area contributed by atoms with E-state index in [0.717, 1.165) is 5.56 Å². The van der Waals surface area contributed by atoms with Gasteiger partial charge in [0.05, 0.1) is 0 Å². The molecule has 1 rings (SSSR count). The van der Waals surface area contributed by atoms with Gasteiger partial charge in [-0.1, -0.05) is 30.3 Å². The van der Waals surface area contributed by atoms with Crippen LogP contribution >= 0.6 is 12.4 Å². The Kier molecular flexibility index (Phi) is 4.64. The average molecular weight is 184 g/mol. The van der Waals surface area contributed by atoms with Crippen LogP contribution in [0.3, 0.4) is 0 Å². The number of hydrogen-bond donors (Lipinski definition) is 1. The minimum Gasteiger partial charge on any atom is -0.321 e. The maximum Gasteiger partial charge on any atom is 0.0481 e. The van der Waals surface area contributed by atoms with Crippen molar-refractivity contribution in [3.05, 3.63) is 48.0 Å². The molecule has 0 radical (unpaired) electrons. The summed E-state index contributed by atoms with van der Waals surface area (Å²) >= 11 is 0. The lowest BCUT2D eigenvalue weighted by Crippen LogP contribution is -2.07. The van der Waals surface area contributed by atoms with Crippen molar-refractivity contribution in [2.75, 3.05) is 0 Å². The lowest BCUT2D eigenvalue weighted by atomic mass is 10.0. The maximum atomic E-state index is 5.78. The molecule has 66 valence electrons. The van der Waals surface area contributed by atoms with Gasteiger partial charge >= 0.3 is 0 Å². The van der Waals surface area contributed by atoms with E-state index in [-0.39, 0.29) is 18.4 Å². The predicted octanol–water partition coefficient (Wildman–Crippen LogP) is 2.60. The van der Waals surface area contributed by atoms with Crippen LogP contribution in [0.2, 0.25) is 0 Å². The Bertz CT molecular complexity index is 258. The van der Waals surface area contributed by atoms with Gasteiger partial charge in [0.1, 0.15) is 0 Å². The molecule has 0 amide bonds. The van der Waals surface area contributed by atoms with Crippen LogP contribution in [-0.4, -0.2) is 0 Å². The summed E-state index contributed by atoms with van der Waals surface area (Å²) in [5.74, 6) is 0. The van der Waals surface area contributed by atoms with Crippen molar-refractivity contribution < 1.29 is 0 Å². The van der Waals surface area contributed by atoms with Crippen LogP contribution in [0.15, 0.2) is 36.9 Å². The second kappa shape index (κ2) is 4.96. The molecule has 0 spiro atoms. The molecule has 0 saturated carbocycles. The SMILES string of the molecule is C=C[C@@H](N)c1ccccc1C.Cl. The molecule has 2 N–H and O–H groups in total. The highest BCUT2D eigenvalue weighted by atomic mass is 35.5. The molecule has 0 unspecified atom stereocenters. The fourth-order valence-corrected chi connectivity index (χ4v) is 1.09. The Morgan fingerprint density at radius 1 is 1.42 bits per heavy atom. The van der Waals surface area contributed by atoms with Crippen molar-refractivity contribution in [1.82, 2.24) is 0 Å². The van der Waals surface area contributed by atoms with Gasteiger partial charge in [-0.2, -0.15) is 0 Å². The van der Waals surface area contributed by atoms with E-state index in [4.69, 9.17) is 5.73 Å². The molecule has 0 aliphatic rings. The maximum absolute atomic E-state index is 5.78. The minimum absolute atomic E-state index is 0. The van der Waals surface area contributed by atoms with Crippen molar-refractivity contribution in [3.63, 3.8) is 0 Å². The number of benzene rings is 1. The zero-order valence-electron chi connectivity index (χ0n) is 7.16. The molecule has 12 heavy (non-hydrogen) atoms. The molecule has 1 aromatic carbocycles. The van der Waals surface area contributed by atoms with Crippen LogP contribution in [0, 0.1) is 6.92 Å². The fourth-order valence-electron chi connectivity index (χ4n) is 1.09. The Balaban J connectivity index is 0.00000121. The summed E-state index contributed by atoms with van der Waals surface area (Å²) in [6.07, 6.45) is 1.75. The lowest BCUT2D eigenvalue weighted by molar-refractivity contribution is 0.902. The van der Waals surface area contributed by atoms with Gasteiger partial charge in [-0.3, -0.25) is 0 Å². The number of aryl methyl sites for hydroxylation is 1. The molecular weight excluding hydrogens is 170 g/mol. The van der Waals surface area contributed by atoms with Crippen LogP contribution in [0.1, 0.15) is 17.2 Å². The zero-order chi connectivity index (χ0) is 8.27. The Hall–Kier alpha value is -0.790. The van der Waals surface area contributed by atoms with Gasteiger partial charge in [-0.15, -0.1) is 19.0 Å². The normalized spacial score (nSPS) is 11.5. The molecule has 0 heterocycles. The summed E-state index contributed by atoms with van der Waals surface area (Å²) in [7, 11) is 0. The number of halogens is 1. The summed E-state index contributed by atoms with van der Waals surface area (Å²) in [6.45, 7) is 5.71. The van der Waals surface area contributed by atoms with Crippen molar-refractivity contribution in [2.24, 2.45) is 5.73 Å². The molecule has 1 nitrogen and oxygen atoms in total. The molecular formula is C10H14ClN. The van der Waals surface area contributed by atoms with Gasteiger partial charge in [0.25, 0.3) is 0 Å². The molecule has 0 aromatic heterocycles. The Labute approximate surface area is 79.7 Å². The third kappa shape index (κ3) is 2.36. The van der Waals surface area contributed by atoms with Crippen molar-refractivity contribution in [3.8, 4) is 0 Å². The van der Waals surface area contributed by atoms with Gasteiger partial charge in [-0.25, -0.2) is 0 Å². The van der Waals surface area contributed by atoms with Gasteiger partial charge in [0, 0.05) is 6.04 Å². The van der Waals surface area contributed by atoms with Gasteiger partial charge in [0.15, 0.2) is 0 Å². The first-order chi connectivity index (χ1) is 5.25. The summed E-state index contributed by atoms with van der Waals surface area (Å²) in [4.78, 5) is 0.